The van der Waals surface area contributed by atoms with Crippen LogP contribution in [0.2, 0.25) is 0 Å². The number of carbonyl (C=O) groups is 1. The normalized spacial score (nSPS) is 15.3. The Balaban J connectivity index is 1.31. The van der Waals surface area contributed by atoms with Crippen LogP contribution in [0.5, 0.6) is 5.75 Å². The van der Waals surface area contributed by atoms with Crippen LogP contribution < -0.4 is 4.74 Å². The lowest BCUT2D eigenvalue weighted by Crippen LogP contribution is -2.40. The molecule has 1 aliphatic rings. The van der Waals surface area contributed by atoms with Crippen LogP contribution >= 0.6 is 11.3 Å². The number of para-hydroxylation sites is 1. The predicted octanol–water partition coefficient (Wildman–Crippen LogP) is 4.70. The van der Waals surface area contributed by atoms with E-state index >= 15 is 0 Å². The smallest absolute Gasteiger partial charge is 0.260 e. The minimum absolute atomic E-state index is 0.0657. The SMILES string of the molecule is Cc1ccc(OCC(=O)N2CCC(c3nc4ccccc4s3)CC2)cc1C. The first-order valence-corrected chi connectivity index (χ1v) is 10.2. The molecule has 0 radical (unpaired) electrons. The Kier molecular flexibility index (Phi) is 5.12. The van der Waals surface area contributed by atoms with E-state index in [0.29, 0.717) is 5.92 Å². The summed E-state index contributed by atoms with van der Waals surface area (Å²) in [5.41, 5.74) is 3.49. The highest BCUT2D eigenvalue weighted by molar-refractivity contribution is 7.18. The molecule has 140 valence electrons. The van der Waals surface area contributed by atoms with Crippen LogP contribution in [-0.2, 0) is 4.79 Å². The first-order valence-electron chi connectivity index (χ1n) is 9.43. The molecule has 0 saturated carbocycles. The molecule has 27 heavy (non-hydrogen) atoms. The van der Waals surface area contributed by atoms with Gasteiger partial charge >= 0.3 is 0 Å². The maximum atomic E-state index is 12.5. The molecule has 0 N–H and O–H groups in total. The fraction of sp³-hybridized carbons (Fsp3) is 0.364. The zero-order valence-electron chi connectivity index (χ0n) is 15.8. The van der Waals surface area contributed by atoms with E-state index in [4.69, 9.17) is 9.72 Å². The molecule has 0 unspecified atom stereocenters. The highest BCUT2D eigenvalue weighted by Crippen LogP contribution is 2.33. The lowest BCUT2D eigenvalue weighted by molar-refractivity contribution is -0.134. The molecule has 4 rings (SSSR count). The number of likely N-dealkylation sites (tertiary alicyclic amines) is 1. The number of aryl methyl sites for hydroxylation is 2. The monoisotopic (exact) mass is 380 g/mol. The summed E-state index contributed by atoms with van der Waals surface area (Å²) in [6, 6.07) is 14.2. The summed E-state index contributed by atoms with van der Waals surface area (Å²) >= 11 is 1.78. The van der Waals surface area contributed by atoms with E-state index in [9.17, 15) is 4.79 Å². The van der Waals surface area contributed by atoms with E-state index in [1.54, 1.807) is 11.3 Å². The zero-order valence-corrected chi connectivity index (χ0v) is 16.6. The van der Waals surface area contributed by atoms with Crippen molar-refractivity contribution in [2.75, 3.05) is 19.7 Å². The van der Waals surface area contributed by atoms with Crippen LogP contribution in [-0.4, -0.2) is 35.5 Å². The van der Waals surface area contributed by atoms with Gasteiger partial charge < -0.3 is 9.64 Å². The molecule has 0 bridgehead atoms. The second-order valence-corrected chi connectivity index (χ2v) is 8.27. The van der Waals surface area contributed by atoms with E-state index in [2.05, 4.69) is 32.0 Å². The summed E-state index contributed by atoms with van der Waals surface area (Å²) in [5.74, 6) is 1.28. The van der Waals surface area contributed by atoms with Gasteiger partial charge in [-0.1, -0.05) is 18.2 Å². The maximum absolute atomic E-state index is 12.5. The highest BCUT2D eigenvalue weighted by atomic mass is 32.1. The lowest BCUT2D eigenvalue weighted by atomic mass is 9.97. The van der Waals surface area contributed by atoms with Crippen molar-refractivity contribution >= 4 is 27.5 Å². The number of aromatic nitrogens is 1. The van der Waals surface area contributed by atoms with Gasteiger partial charge in [-0.05, 0) is 62.1 Å². The van der Waals surface area contributed by atoms with Gasteiger partial charge in [0.1, 0.15) is 5.75 Å². The van der Waals surface area contributed by atoms with Crippen molar-refractivity contribution < 1.29 is 9.53 Å². The second-order valence-electron chi connectivity index (χ2n) is 7.21. The standard InChI is InChI=1S/C22H24N2O2S/c1-15-7-8-18(13-16(15)2)26-14-21(25)24-11-9-17(10-12-24)22-23-19-5-3-4-6-20(19)27-22/h3-8,13,17H,9-12,14H2,1-2H3. The molecule has 5 heteroatoms. The number of rotatable bonds is 4. The number of amides is 1. The molecule has 2 aromatic carbocycles. The van der Waals surface area contributed by atoms with Gasteiger partial charge in [0.05, 0.1) is 15.2 Å². The van der Waals surface area contributed by atoms with Crippen LogP contribution in [0.1, 0.15) is 34.9 Å². The molecular formula is C22H24N2O2S. The van der Waals surface area contributed by atoms with Gasteiger partial charge in [0.25, 0.3) is 5.91 Å². The minimum atomic E-state index is 0.0657. The molecule has 1 aromatic heterocycles. The Morgan fingerprint density at radius 3 is 2.67 bits per heavy atom. The van der Waals surface area contributed by atoms with Crippen molar-refractivity contribution in [1.29, 1.82) is 0 Å². The number of thiazole rings is 1. The summed E-state index contributed by atoms with van der Waals surface area (Å²) in [4.78, 5) is 19.2. The van der Waals surface area contributed by atoms with Crippen molar-refractivity contribution in [3.05, 3.63) is 58.6 Å². The first kappa shape index (κ1) is 18.0. The minimum Gasteiger partial charge on any atom is -0.484 e. The second kappa shape index (κ2) is 7.69. The van der Waals surface area contributed by atoms with Crippen molar-refractivity contribution in [3.8, 4) is 5.75 Å². The first-order chi connectivity index (χ1) is 13.1. The molecule has 2 heterocycles. The Bertz CT molecular complexity index is 925. The highest BCUT2D eigenvalue weighted by Gasteiger charge is 2.26. The van der Waals surface area contributed by atoms with Gasteiger partial charge in [0, 0.05) is 19.0 Å². The van der Waals surface area contributed by atoms with Crippen molar-refractivity contribution in [2.24, 2.45) is 0 Å². The number of ether oxygens (including phenoxy) is 1. The molecule has 1 aliphatic heterocycles. The number of hydrogen-bond acceptors (Lipinski definition) is 4. The van der Waals surface area contributed by atoms with E-state index in [-0.39, 0.29) is 12.5 Å². The van der Waals surface area contributed by atoms with Crippen LogP contribution in [0, 0.1) is 13.8 Å². The predicted molar refractivity (Wildman–Crippen MR) is 110 cm³/mol. The summed E-state index contributed by atoms with van der Waals surface area (Å²) < 4.78 is 6.95. The molecule has 0 spiro atoms. The van der Waals surface area contributed by atoms with E-state index in [1.165, 1.54) is 20.8 Å². The average Bonchev–Trinajstić information content (AvgIpc) is 3.13. The molecule has 1 fully saturated rings. The number of benzene rings is 2. The number of hydrogen-bond donors (Lipinski definition) is 0. The average molecular weight is 381 g/mol. The third-order valence-electron chi connectivity index (χ3n) is 5.35. The van der Waals surface area contributed by atoms with E-state index < -0.39 is 0 Å². The zero-order chi connectivity index (χ0) is 18.8. The fourth-order valence-corrected chi connectivity index (χ4v) is 4.62. The topological polar surface area (TPSA) is 42.4 Å². The van der Waals surface area contributed by atoms with Gasteiger partial charge in [0.2, 0.25) is 0 Å². The maximum Gasteiger partial charge on any atom is 0.260 e. The third-order valence-corrected chi connectivity index (χ3v) is 6.55. The van der Waals surface area contributed by atoms with Crippen LogP contribution in [0.15, 0.2) is 42.5 Å². The van der Waals surface area contributed by atoms with E-state index in [1.807, 2.05) is 29.2 Å². The summed E-state index contributed by atoms with van der Waals surface area (Å²) in [6.45, 7) is 5.77. The number of carbonyl (C=O) groups excluding carboxylic acids is 1. The number of piperidine rings is 1. The van der Waals surface area contributed by atoms with Gasteiger partial charge in [-0.25, -0.2) is 4.98 Å². The molecule has 3 aromatic rings. The molecule has 4 nitrogen and oxygen atoms in total. The molecule has 1 amide bonds. The van der Waals surface area contributed by atoms with Gasteiger partial charge in [-0.3, -0.25) is 4.79 Å². The molecular weight excluding hydrogens is 356 g/mol. The van der Waals surface area contributed by atoms with Crippen molar-refractivity contribution in [1.82, 2.24) is 9.88 Å². The fourth-order valence-electron chi connectivity index (χ4n) is 3.48. The number of fused-ring (bicyclic) bond motifs is 1. The van der Waals surface area contributed by atoms with Crippen LogP contribution in [0.3, 0.4) is 0 Å². The van der Waals surface area contributed by atoms with Crippen LogP contribution in [0.25, 0.3) is 10.2 Å². The van der Waals surface area contributed by atoms with E-state index in [0.717, 1.165) is 37.2 Å². The van der Waals surface area contributed by atoms with Crippen molar-refractivity contribution in [3.63, 3.8) is 0 Å². The summed E-state index contributed by atoms with van der Waals surface area (Å²) in [6.07, 6.45) is 1.93. The van der Waals surface area contributed by atoms with Gasteiger partial charge in [-0.2, -0.15) is 0 Å². The Hall–Kier alpha value is -2.40. The number of nitrogens with zero attached hydrogens (tertiary/aromatic N) is 2. The molecule has 0 aliphatic carbocycles. The quantitative estimate of drug-likeness (QED) is 0.659. The molecule has 1 saturated heterocycles. The Labute approximate surface area is 163 Å². The van der Waals surface area contributed by atoms with Crippen molar-refractivity contribution in [2.45, 2.75) is 32.6 Å². The summed E-state index contributed by atoms with van der Waals surface area (Å²) in [7, 11) is 0. The van der Waals surface area contributed by atoms with Crippen LogP contribution in [0.4, 0.5) is 0 Å². The molecule has 0 atom stereocenters. The Morgan fingerprint density at radius 1 is 1.15 bits per heavy atom. The summed E-state index contributed by atoms with van der Waals surface area (Å²) in [5, 5.41) is 1.20. The largest absolute Gasteiger partial charge is 0.484 e. The Morgan fingerprint density at radius 2 is 1.93 bits per heavy atom. The lowest BCUT2D eigenvalue weighted by Gasteiger charge is -2.31. The van der Waals surface area contributed by atoms with Gasteiger partial charge in [0.15, 0.2) is 6.61 Å². The third kappa shape index (κ3) is 3.98. The van der Waals surface area contributed by atoms with Gasteiger partial charge in [-0.15, -0.1) is 11.3 Å².